The summed E-state index contributed by atoms with van der Waals surface area (Å²) in [5, 5.41) is 7.26. The molecular weight excluding hydrogens is 463 g/mol. The van der Waals surface area contributed by atoms with Crippen molar-refractivity contribution in [2.75, 3.05) is 23.5 Å². The zero-order valence-electron chi connectivity index (χ0n) is 16.7. The molecule has 1 aromatic heterocycles. The van der Waals surface area contributed by atoms with Gasteiger partial charge >= 0.3 is 6.18 Å². The molecule has 3 aromatic rings. The summed E-state index contributed by atoms with van der Waals surface area (Å²) < 4.78 is 43.5. The maximum atomic E-state index is 12.8. The second-order valence-electron chi connectivity index (χ2n) is 6.45. The van der Waals surface area contributed by atoms with Crippen LogP contribution in [0.5, 0.6) is 5.75 Å². The van der Waals surface area contributed by atoms with E-state index in [0.29, 0.717) is 22.9 Å². The van der Waals surface area contributed by atoms with E-state index in [-0.39, 0.29) is 22.4 Å². The van der Waals surface area contributed by atoms with Gasteiger partial charge < -0.3 is 10.1 Å². The van der Waals surface area contributed by atoms with Crippen LogP contribution in [0.4, 0.5) is 24.0 Å². The number of anilines is 2. The molecule has 0 aliphatic carbocycles. The molecule has 0 bridgehead atoms. The predicted octanol–water partition coefficient (Wildman–Crippen LogP) is 5.29. The number of halogens is 3. The van der Waals surface area contributed by atoms with Crippen LogP contribution in [-0.4, -0.2) is 29.7 Å². The van der Waals surface area contributed by atoms with Gasteiger partial charge in [-0.3, -0.25) is 14.9 Å². The van der Waals surface area contributed by atoms with Gasteiger partial charge in [0.15, 0.2) is 5.13 Å². The first-order chi connectivity index (χ1) is 15.2. The number of thiazole rings is 1. The number of thioether (sulfide) groups is 1. The van der Waals surface area contributed by atoms with Crippen LogP contribution in [0.15, 0.2) is 53.9 Å². The van der Waals surface area contributed by atoms with Crippen LogP contribution in [0.25, 0.3) is 0 Å². The molecule has 2 amide bonds. The van der Waals surface area contributed by atoms with Crippen molar-refractivity contribution in [1.29, 1.82) is 0 Å². The van der Waals surface area contributed by atoms with Crippen LogP contribution < -0.4 is 15.4 Å². The fraction of sp³-hybridized carbons (Fsp3) is 0.190. The Morgan fingerprint density at radius 3 is 2.56 bits per heavy atom. The number of nitrogens with zero attached hydrogens (tertiary/aromatic N) is 1. The molecule has 1 heterocycles. The zero-order chi connectivity index (χ0) is 23.1. The molecule has 6 nitrogen and oxygen atoms in total. The average Bonchev–Trinajstić information content (AvgIpc) is 3.21. The third kappa shape index (κ3) is 6.72. The van der Waals surface area contributed by atoms with E-state index in [1.165, 1.54) is 23.9 Å². The maximum Gasteiger partial charge on any atom is 0.416 e. The fourth-order valence-corrected chi connectivity index (χ4v) is 4.08. The molecule has 0 spiro atoms. The summed E-state index contributed by atoms with van der Waals surface area (Å²) in [7, 11) is 1.56. The van der Waals surface area contributed by atoms with Crippen LogP contribution >= 0.6 is 23.1 Å². The molecule has 0 saturated carbocycles. The first kappa shape index (κ1) is 23.6. The van der Waals surface area contributed by atoms with Gasteiger partial charge in [0.05, 0.1) is 24.1 Å². The monoisotopic (exact) mass is 481 g/mol. The van der Waals surface area contributed by atoms with Gasteiger partial charge in [-0.25, -0.2) is 4.98 Å². The molecule has 2 aromatic carbocycles. The standard InChI is InChI=1S/C21H18F3N3O3S2/c1-30-17-7-5-15(6-8-17)25-18(28)12-31-10-16-11-32-20(26-16)27-19(29)13-3-2-4-14(9-13)21(22,23)24/h2-9,11H,10,12H2,1H3,(H,25,28)(H,26,27,29). The number of benzene rings is 2. The van der Waals surface area contributed by atoms with Crippen molar-refractivity contribution in [2.45, 2.75) is 11.9 Å². The van der Waals surface area contributed by atoms with E-state index in [2.05, 4.69) is 15.6 Å². The van der Waals surface area contributed by atoms with Gasteiger partial charge in [0.1, 0.15) is 5.75 Å². The van der Waals surface area contributed by atoms with E-state index in [1.807, 2.05) is 0 Å². The van der Waals surface area contributed by atoms with Gasteiger partial charge in [-0.15, -0.1) is 23.1 Å². The lowest BCUT2D eigenvalue weighted by Gasteiger charge is -2.08. The van der Waals surface area contributed by atoms with E-state index >= 15 is 0 Å². The van der Waals surface area contributed by atoms with Crippen molar-refractivity contribution in [1.82, 2.24) is 4.98 Å². The molecule has 0 unspecified atom stereocenters. The molecule has 0 fully saturated rings. The van der Waals surface area contributed by atoms with Gasteiger partial charge in [0.25, 0.3) is 5.91 Å². The van der Waals surface area contributed by atoms with Gasteiger partial charge in [-0.1, -0.05) is 6.07 Å². The third-order valence-corrected chi connectivity index (χ3v) is 5.85. The number of nitrogens with one attached hydrogen (secondary N) is 2. The third-order valence-electron chi connectivity index (χ3n) is 4.08. The highest BCUT2D eigenvalue weighted by atomic mass is 32.2. The SMILES string of the molecule is COc1ccc(NC(=O)CSCc2csc(NC(=O)c3cccc(C(F)(F)F)c3)n2)cc1. The first-order valence-electron chi connectivity index (χ1n) is 9.19. The van der Waals surface area contributed by atoms with E-state index in [4.69, 9.17) is 4.74 Å². The maximum absolute atomic E-state index is 12.8. The van der Waals surface area contributed by atoms with Crippen LogP contribution in [0.1, 0.15) is 21.6 Å². The lowest BCUT2D eigenvalue weighted by molar-refractivity contribution is -0.137. The summed E-state index contributed by atoms with van der Waals surface area (Å²) in [5.74, 6) is 0.482. The lowest BCUT2D eigenvalue weighted by Crippen LogP contribution is -2.14. The highest BCUT2D eigenvalue weighted by Gasteiger charge is 2.30. The van der Waals surface area contributed by atoms with Gasteiger partial charge in [-0.05, 0) is 42.5 Å². The number of aromatic nitrogens is 1. The molecule has 0 radical (unpaired) electrons. The second kappa shape index (κ2) is 10.5. The molecule has 32 heavy (non-hydrogen) atoms. The normalized spacial score (nSPS) is 11.1. The Bertz CT molecular complexity index is 1090. The van der Waals surface area contributed by atoms with Gasteiger partial charge in [0, 0.05) is 22.4 Å². The molecule has 0 atom stereocenters. The summed E-state index contributed by atoms with van der Waals surface area (Å²) in [5.41, 5.74) is 0.302. The number of hydrogen-bond donors (Lipinski definition) is 2. The highest BCUT2D eigenvalue weighted by molar-refractivity contribution is 7.99. The molecule has 0 saturated heterocycles. The highest BCUT2D eigenvalue weighted by Crippen LogP contribution is 2.30. The quantitative estimate of drug-likeness (QED) is 0.457. The van der Waals surface area contributed by atoms with Crippen molar-refractivity contribution < 1.29 is 27.5 Å². The minimum Gasteiger partial charge on any atom is -0.497 e. The van der Waals surface area contributed by atoms with Crippen LogP contribution in [0, 0.1) is 0 Å². The number of hydrogen-bond acceptors (Lipinski definition) is 6. The van der Waals surface area contributed by atoms with Crippen molar-refractivity contribution in [3.05, 3.63) is 70.7 Å². The molecule has 0 aliphatic heterocycles. The molecule has 0 aliphatic rings. The van der Waals surface area contributed by atoms with Crippen molar-refractivity contribution in [2.24, 2.45) is 0 Å². The van der Waals surface area contributed by atoms with Crippen molar-refractivity contribution in [3.8, 4) is 5.75 Å². The smallest absolute Gasteiger partial charge is 0.416 e. The van der Waals surface area contributed by atoms with Gasteiger partial charge in [-0.2, -0.15) is 13.2 Å². The molecule has 11 heteroatoms. The summed E-state index contributed by atoms with van der Waals surface area (Å²) >= 11 is 2.50. The lowest BCUT2D eigenvalue weighted by atomic mass is 10.1. The van der Waals surface area contributed by atoms with E-state index in [9.17, 15) is 22.8 Å². The Morgan fingerprint density at radius 1 is 1.12 bits per heavy atom. The number of amides is 2. The summed E-state index contributed by atoms with van der Waals surface area (Å²) in [6, 6.07) is 11.1. The second-order valence-corrected chi connectivity index (χ2v) is 8.29. The van der Waals surface area contributed by atoms with E-state index < -0.39 is 17.6 Å². The minimum atomic E-state index is -4.53. The van der Waals surface area contributed by atoms with Crippen molar-refractivity contribution in [3.63, 3.8) is 0 Å². The van der Waals surface area contributed by atoms with Crippen molar-refractivity contribution >= 4 is 45.7 Å². The van der Waals surface area contributed by atoms with Crippen LogP contribution in [0.3, 0.4) is 0 Å². The number of rotatable bonds is 8. The zero-order valence-corrected chi connectivity index (χ0v) is 18.4. The Hall–Kier alpha value is -3.05. The fourth-order valence-electron chi connectivity index (χ4n) is 2.56. The van der Waals surface area contributed by atoms with E-state index in [0.717, 1.165) is 23.5 Å². The number of ether oxygens (including phenoxy) is 1. The molecule has 168 valence electrons. The number of methoxy groups -OCH3 is 1. The Labute approximate surface area is 190 Å². The van der Waals surface area contributed by atoms with E-state index in [1.54, 1.807) is 36.8 Å². The first-order valence-corrected chi connectivity index (χ1v) is 11.2. The topological polar surface area (TPSA) is 80.3 Å². The largest absolute Gasteiger partial charge is 0.497 e. The minimum absolute atomic E-state index is 0.110. The van der Waals surface area contributed by atoms with Crippen LogP contribution in [0.2, 0.25) is 0 Å². The summed E-state index contributed by atoms with van der Waals surface area (Å²) in [6.07, 6.45) is -4.53. The summed E-state index contributed by atoms with van der Waals surface area (Å²) in [6.45, 7) is 0. The number of carbonyl (C=O) groups excluding carboxylic acids is 2. The van der Waals surface area contributed by atoms with Gasteiger partial charge in [0.2, 0.25) is 5.91 Å². The Kier molecular flexibility index (Phi) is 7.75. The molecule has 2 N–H and O–H groups in total. The average molecular weight is 482 g/mol. The predicted molar refractivity (Wildman–Crippen MR) is 119 cm³/mol. The summed E-state index contributed by atoms with van der Waals surface area (Å²) in [4.78, 5) is 28.5. The molecule has 3 rings (SSSR count). The Balaban J connectivity index is 1.47. The Morgan fingerprint density at radius 2 is 1.88 bits per heavy atom. The van der Waals surface area contributed by atoms with Crippen LogP contribution in [-0.2, 0) is 16.7 Å². The number of alkyl halides is 3. The molecular formula is C21H18F3N3O3S2. The number of carbonyl (C=O) groups is 2.